The van der Waals surface area contributed by atoms with Crippen LogP contribution in [-0.4, -0.2) is 39.6 Å². The number of amides is 2. The average Bonchev–Trinajstić information content (AvgIpc) is 2.89. The number of hydrogen-bond acceptors (Lipinski definition) is 4. The third-order valence-corrected chi connectivity index (χ3v) is 3.03. The van der Waals surface area contributed by atoms with Gasteiger partial charge in [-0.2, -0.15) is 0 Å². The normalized spacial score (nSPS) is 11.9. The Morgan fingerprint density at radius 2 is 2.20 bits per heavy atom. The summed E-state index contributed by atoms with van der Waals surface area (Å²) < 4.78 is 5.37. The lowest BCUT2D eigenvalue weighted by molar-refractivity contribution is -0.138. The zero-order valence-corrected chi connectivity index (χ0v) is 12.0. The number of aliphatic carboxylic acids is 1. The van der Waals surface area contributed by atoms with E-state index in [2.05, 4.69) is 10.3 Å². The highest BCUT2D eigenvalue weighted by atomic mass is 16.4. The van der Waals surface area contributed by atoms with Gasteiger partial charge in [-0.25, -0.2) is 9.78 Å². The minimum atomic E-state index is -1.04. The summed E-state index contributed by atoms with van der Waals surface area (Å²) in [6.07, 6.45) is 3.03. The second-order valence-corrected chi connectivity index (χ2v) is 4.51. The Bertz CT molecular complexity index is 458. The molecule has 1 rings (SSSR count). The van der Waals surface area contributed by atoms with Gasteiger partial charge in [0.2, 0.25) is 5.89 Å². The molecule has 0 aliphatic carbocycles. The van der Waals surface area contributed by atoms with E-state index in [-0.39, 0.29) is 19.1 Å². The number of carboxylic acid groups (broad SMARTS) is 1. The topological polar surface area (TPSA) is 95.7 Å². The smallest absolute Gasteiger partial charge is 0.323 e. The lowest BCUT2D eigenvalue weighted by Gasteiger charge is -2.26. The molecule has 7 heteroatoms. The molecule has 2 N–H and O–H groups in total. The quantitative estimate of drug-likeness (QED) is 0.793. The molecule has 0 radical (unpaired) electrons. The molecule has 1 unspecified atom stereocenters. The molecule has 1 aromatic heterocycles. The van der Waals surface area contributed by atoms with Crippen LogP contribution >= 0.6 is 0 Å². The minimum absolute atomic E-state index is 0.144. The van der Waals surface area contributed by atoms with Crippen LogP contribution in [0, 0.1) is 0 Å². The van der Waals surface area contributed by atoms with E-state index < -0.39 is 12.0 Å². The van der Waals surface area contributed by atoms with Crippen LogP contribution in [-0.2, 0) is 17.8 Å². The highest BCUT2D eigenvalue weighted by molar-refractivity contribution is 5.80. The van der Waals surface area contributed by atoms with Gasteiger partial charge in [-0.1, -0.05) is 13.8 Å². The first-order valence-electron chi connectivity index (χ1n) is 6.67. The van der Waals surface area contributed by atoms with E-state index in [1.807, 2.05) is 20.8 Å². The van der Waals surface area contributed by atoms with Crippen molar-refractivity contribution in [1.82, 2.24) is 15.2 Å². The molecule has 1 aromatic rings. The Morgan fingerprint density at radius 1 is 1.50 bits per heavy atom. The fraction of sp³-hybridized carbons (Fsp3) is 0.615. The van der Waals surface area contributed by atoms with Gasteiger partial charge in [-0.15, -0.1) is 0 Å². The van der Waals surface area contributed by atoms with Gasteiger partial charge in [0.15, 0.2) is 0 Å². The van der Waals surface area contributed by atoms with Crippen molar-refractivity contribution in [3.63, 3.8) is 0 Å². The highest BCUT2D eigenvalue weighted by Gasteiger charge is 2.21. The monoisotopic (exact) mass is 283 g/mol. The molecule has 0 fully saturated rings. The summed E-state index contributed by atoms with van der Waals surface area (Å²) in [7, 11) is 0. The van der Waals surface area contributed by atoms with Crippen LogP contribution in [0.15, 0.2) is 10.6 Å². The molecular weight excluding hydrogens is 262 g/mol. The van der Waals surface area contributed by atoms with Crippen molar-refractivity contribution in [2.24, 2.45) is 0 Å². The van der Waals surface area contributed by atoms with Gasteiger partial charge < -0.3 is 19.7 Å². The molecular formula is C13H21N3O4. The van der Waals surface area contributed by atoms with Gasteiger partial charge in [0, 0.05) is 12.5 Å². The molecule has 0 saturated carbocycles. The molecule has 0 aliphatic heterocycles. The van der Waals surface area contributed by atoms with Crippen LogP contribution in [0.25, 0.3) is 0 Å². The summed E-state index contributed by atoms with van der Waals surface area (Å²) in [6, 6.07) is -0.583. The molecule has 20 heavy (non-hydrogen) atoms. The van der Waals surface area contributed by atoms with Gasteiger partial charge in [0.1, 0.15) is 12.3 Å². The van der Waals surface area contributed by atoms with Crippen LogP contribution in [0.2, 0.25) is 0 Å². The number of nitrogens with one attached hydrogen (secondary N) is 1. The zero-order valence-electron chi connectivity index (χ0n) is 12.0. The molecule has 0 saturated heterocycles. The molecule has 1 atom stereocenters. The number of aromatic nitrogens is 1. The summed E-state index contributed by atoms with van der Waals surface area (Å²) in [5.41, 5.74) is 0. The fourth-order valence-electron chi connectivity index (χ4n) is 1.64. The number of carbonyl (C=O) groups excluding carboxylic acids is 1. The highest BCUT2D eigenvalue weighted by Crippen LogP contribution is 2.06. The van der Waals surface area contributed by atoms with Crippen molar-refractivity contribution >= 4 is 12.0 Å². The maximum absolute atomic E-state index is 12.0. The molecule has 0 aromatic carbocycles. The SMILES string of the molecule is CCc1cnc(CNC(=O)N(CC(=O)O)C(C)CC)o1. The predicted molar refractivity (Wildman–Crippen MR) is 72.2 cm³/mol. The van der Waals surface area contributed by atoms with E-state index in [9.17, 15) is 9.59 Å². The van der Waals surface area contributed by atoms with Crippen LogP contribution < -0.4 is 5.32 Å². The van der Waals surface area contributed by atoms with E-state index >= 15 is 0 Å². The summed E-state index contributed by atoms with van der Waals surface area (Å²) in [5, 5.41) is 11.5. The largest absolute Gasteiger partial charge is 0.480 e. The maximum Gasteiger partial charge on any atom is 0.323 e. The minimum Gasteiger partial charge on any atom is -0.480 e. The van der Waals surface area contributed by atoms with E-state index in [1.54, 1.807) is 6.20 Å². The van der Waals surface area contributed by atoms with E-state index in [1.165, 1.54) is 4.90 Å². The van der Waals surface area contributed by atoms with Crippen molar-refractivity contribution in [2.45, 2.75) is 46.2 Å². The number of carboxylic acids is 1. The number of aryl methyl sites for hydroxylation is 1. The maximum atomic E-state index is 12.0. The summed E-state index contributed by atoms with van der Waals surface area (Å²) in [6.45, 7) is 5.47. The molecule has 2 amide bonds. The van der Waals surface area contributed by atoms with E-state index in [4.69, 9.17) is 9.52 Å². The van der Waals surface area contributed by atoms with Gasteiger partial charge in [-0.05, 0) is 13.3 Å². The van der Waals surface area contributed by atoms with Crippen molar-refractivity contribution in [3.05, 3.63) is 17.8 Å². The number of rotatable bonds is 7. The van der Waals surface area contributed by atoms with Crippen molar-refractivity contribution in [2.75, 3.05) is 6.54 Å². The first-order chi connectivity index (χ1) is 9.47. The number of oxazole rings is 1. The second kappa shape index (κ2) is 7.52. The zero-order chi connectivity index (χ0) is 15.1. The van der Waals surface area contributed by atoms with Gasteiger partial charge in [-0.3, -0.25) is 4.79 Å². The first-order valence-corrected chi connectivity index (χ1v) is 6.67. The van der Waals surface area contributed by atoms with Crippen LogP contribution in [0.5, 0.6) is 0 Å². The molecule has 0 aliphatic rings. The Morgan fingerprint density at radius 3 is 2.70 bits per heavy atom. The summed E-state index contributed by atoms with van der Waals surface area (Å²) in [4.78, 5) is 28.1. The van der Waals surface area contributed by atoms with Gasteiger partial charge >= 0.3 is 12.0 Å². The van der Waals surface area contributed by atoms with E-state index in [0.717, 1.165) is 12.2 Å². The van der Waals surface area contributed by atoms with Crippen LogP contribution in [0.1, 0.15) is 38.8 Å². The van der Waals surface area contributed by atoms with Gasteiger partial charge in [0.05, 0.1) is 12.7 Å². The molecule has 112 valence electrons. The summed E-state index contributed by atoms with van der Waals surface area (Å²) >= 11 is 0. The number of hydrogen-bond donors (Lipinski definition) is 2. The number of carbonyl (C=O) groups is 2. The average molecular weight is 283 g/mol. The molecule has 1 heterocycles. The summed E-state index contributed by atoms with van der Waals surface area (Å²) in [5.74, 6) is 0.123. The third-order valence-electron chi connectivity index (χ3n) is 3.03. The molecule has 0 spiro atoms. The van der Waals surface area contributed by atoms with Crippen molar-refractivity contribution in [3.8, 4) is 0 Å². The Kier molecular flexibility index (Phi) is 6.02. The number of nitrogens with zero attached hydrogens (tertiary/aromatic N) is 2. The van der Waals surface area contributed by atoms with Crippen LogP contribution in [0.3, 0.4) is 0 Å². The Labute approximate surface area is 118 Å². The number of urea groups is 1. The lowest BCUT2D eigenvalue weighted by Crippen LogP contribution is -2.47. The third kappa shape index (κ3) is 4.56. The lowest BCUT2D eigenvalue weighted by atomic mass is 10.2. The van der Waals surface area contributed by atoms with Crippen molar-refractivity contribution < 1.29 is 19.1 Å². The fourth-order valence-corrected chi connectivity index (χ4v) is 1.64. The van der Waals surface area contributed by atoms with Crippen LogP contribution in [0.4, 0.5) is 4.79 Å². The first kappa shape index (κ1) is 16.0. The standard InChI is InChI=1S/C13H21N3O4/c1-4-9(3)16(8-12(17)18)13(19)15-7-11-14-6-10(5-2)20-11/h6,9H,4-5,7-8H2,1-3H3,(H,15,19)(H,17,18). The molecule has 7 nitrogen and oxygen atoms in total. The predicted octanol–water partition coefficient (Wildman–Crippen LogP) is 1.63. The Hall–Kier alpha value is -2.05. The molecule has 0 bridgehead atoms. The Balaban J connectivity index is 2.59. The van der Waals surface area contributed by atoms with Crippen molar-refractivity contribution in [1.29, 1.82) is 0 Å². The second-order valence-electron chi connectivity index (χ2n) is 4.51. The van der Waals surface area contributed by atoms with E-state index in [0.29, 0.717) is 12.3 Å². The van der Waals surface area contributed by atoms with Gasteiger partial charge in [0.25, 0.3) is 0 Å².